The standard InChI is InChI=1S/C15H15N3O3/c1-2-12-16-13(6-14(19)17-12)18-7-10-4-3-9(15(20)21)5-11(10)8-18/h3-6H,2,7-8H2,1H3,(H,20,21)(H,16,17,19). The molecule has 0 unspecified atom stereocenters. The van der Waals surface area contributed by atoms with Gasteiger partial charge in [-0.15, -0.1) is 0 Å². The summed E-state index contributed by atoms with van der Waals surface area (Å²) in [5, 5.41) is 9.03. The van der Waals surface area contributed by atoms with Gasteiger partial charge in [-0.05, 0) is 23.3 Å². The molecule has 0 saturated carbocycles. The Hall–Kier alpha value is -2.63. The van der Waals surface area contributed by atoms with Crippen LogP contribution in [0.15, 0.2) is 29.1 Å². The molecule has 0 amide bonds. The van der Waals surface area contributed by atoms with Gasteiger partial charge in [-0.1, -0.05) is 13.0 Å². The number of hydrogen-bond acceptors (Lipinski definition) is 4. The molecule has 6 nitrogen and oxygen atoms in total. The summed E-state index contributed by atoms with van der Waals surface area (Å²) in [7, 11) is 0. The highest BCUT2D eigenvalue weighted by molar-refractivity contribution is 5.88. The fourth-order valence-electron chi connectivity index (χ4n) is 2.51. The lowest BCUT2D eigenvalue weighted by Crippen LogP contribution is -2.21. The van der Waals surface area contributed by atoms with Gasteiger partial charge in [0.2, 0.25) is 0 Å². The summed E-state index contributed by atoms with van der Waals surface area (Å²) in [5.74, 6) is 0.349. The Bertz CT molecular complexity index is 767. The van der Waals surface area contributed by atoms with Crippen LogP contribution in [-0.2, 0) is 19.5 Å². The molecule has 2 aromatic rings. The summed E-state index contributed by atoms with van der Waals surface area (Å²) >= 11 is 0. The van der Waals surface area contributed by atoms with Crippen LogP contribution < -0.4 is 10.5 Å². The van der Waals surface area contributed by atoms with Crippen molar-refractivity contribution in [3.63, 3.8) is 0 Å². The average molecular weight is 285 g/mol. The van der Waals surface area contributed by atoms with Crippen LogP contribution >= 0.6 is 0 Å². The van der Waals surface area contributed by atoms with E-state index in [1.54, 1.807) is 12.1 Å². The third kappa shape index (κ3) is 2.52. The number of aromatic nitrogens is 2. The summed E-state index contributed by atoms with van der Waals surface area (Å²) < 4.78 is 0. The zero-order valence-electron chi connectivity index (χ0n) is 11.6. The van der Waals surface area contributed by atoms with Crippen molar-refractivity contribution in [3.8, 4) is 0 Å². The Kier molecular flexibility index (Phi) is 3.21. The van der Waals surface area contributed by atoms with Gasteiger partial charge in [-0.25, -0.2) is 9.78 Å². The lowest BCUT2D eigenvalue weighted by Gasteiger charge is -2.16. The van der Waals surface area contributed by atoms with Crippen LogP contribution in [0.4, 0.5) is 5.82 Å². The molecule has 0 aliphatic carbocycles. The molecular formula is C15H15N3O3. The monoisotopic (exact) mass is 285 g/mol. The van der Waals surface area contributed by atoms with Crippen molar-refractivity contribution in [1.29, 1.82) is 0 Å². The summed E-state index contributed by atoms with van der Waals surface area (Å²) in [6.45, 7) is 3.13. The molecule has 2 N–H and O–H groups in total. The molecule has 0 atom stereocenters. The molecule has 1 aliphatic heterocycles. The lowest BCUT2D eigenvalue weighted by atomic mass is 10.1. The molecule has 2 heterocycles. The Morgan fingerprint density at radius 1 is 1.33 bits per heavy atom. The predicted octanol–water partition coefficient (Wildman–Crippen LogP) is 1.55. The molecule has 0 fully saturated rings. The van der Waals surface area contributed by atoms with Crippen LogP contribution in [0, 0.1) is 0 Å². The summed E-state index contributed by atoms with van der Waals surface area (Å²) in [6, 6.07) is 6.59. The Morgan fingerprint density at radius 2 is 2.10 bits per heavy atom. The summed E-state index contributed by atoms with van der Waals surface area (Å²) in [5.41, 5.74) is 2.15. The highest BCUT2D eigenvalue weighted by atomic mass is 16.4. The molecule has 21 heavy (non-hydrogen) atoms. The number of aromatic amines is 1. The molecule has 1 aliphatic rings. The number of carboxylic acids is 1. The minimum absolute atomic E-state index is 0.168. The Balaban J connectivity index is 1.92. The predicted molar refractivity (Wildman–Crippen MR) is 77.5 cm³/mol. The van der Waals surface area contributed by atoms with Gasteiger partial charge in [0.15, 0.2) is 0 Å². The number of rotatable bonds is 3. The van der Waals surface area contributed by atoms with Crippen molar-refractivity contribution in [2.24, 2.45) is 0 Å². The third-order valence-corrected chi connectivity index (χ3v) is 3.61. The topological polar surface area (TPSA) is 86.3 Å². The van der Waals surface area contributed by atoms with E-state index in [2.05, 4.69) is 9.97 Å². The number of carbonyl (C=O) groups is 1. The number of anilines is 1. The normalized spacial score (nSPS) is 13.3. The van der Waals surface area contributed by atoms with Crippen LogP contribution in [0.25, 0.3) is 0 Å². The number of nitrogens with zero attached hydrogens (tertiary/aromatic N) is 2. The van der Waals surface area contributed by atoms with Crippen LogP contribution in [0.3, 0.4) is 0 Å². The number of benzene rings is 1. The second-order valence-electron chi connectivity index (χ2n) is 5.05. The SMILES string of the molecule is CCc1nc(N2Cc3ccc(C(=O)O)cc3C2)cc(=O)[nH]1. The maximum atomic E-state index is 11.6. The number of fused-ring (bicyclic) bond motifs is 1. The third-order valence-electron chi connectivity index (χ3n) is 3.61. The number of H-pyrrole nitrogens is 1. The van der Waals surface area contributed by atoms with Crippen molar-refractivity contribution in [3.05, 3.63) is 57.1 Å². The van der Waals surface area contributed by atoms with Gasteiger partial charge < -0.3 is 15.0 Å². The van der Waals surface area contributed by atoms with E-state index in [0.717, 1.165) is 11.1 Å². The van der Waals surface area contributed by atoms with E-state index in [0.29, 0.717) is 31.2 Å². The molecular weight excluding hydrogens is 270 g/mol. The average Bonchev–Trinajstić information content (AvgIpc) is 2.89. The first-order valence-electron chi connectivity index (χ1n) is 6.77. The molecule has 0 radical (unpaired) electrons. The van der Waals surface area contributed by atoms with Crippen molar-refractivity contribution >= 4 is 11.8 Å². The summed E-state index contributed by atoms with van der Waals surface area (Å²) in [4.78, 5) is 31.8. The molecule has 6 heteroatoms. The second-order valence-corrected chi connectivity index (χ2v) is 5.05. The van der Waals surface area contributed by atoms with Crippen LogP contribution in [-0.4, -0.2) is 21.0 Å². The molecule has 1 aromatic carbocycles. The van der Waals surface area contributed by atoms with Gasteiger partial charge >= 0.3 is 5.97 Å². The fraction of sp³-hybridized carbons (Fsp3) is 0.267. The number of carboxylic acid groups (broad SMARTS) is 1. The number of aromatic carboxylic acids is 1. The first-order chi connectivity index (χ1) is 10.1. The first-order valence-corrected chi connectivity index (χ1v) is 6.77. The van der Waals surface area contributed by atoms with Crippen molar-refractivity contribution in [2.75, 3.05) is 4.90 Å². The number of aryl methyl sites for hydroxylation is 1. The van der Waals surface area contributed by atoms with E-state index in [1.165, 1.54) is 6.07 Å². The van der Waals surface area contributed by atoms with Gasteiger partial charge in [0.05, 0.1) is 5.56 Å². The molecule has 3 rings (SSSR count). The van der Waals surface area contributed by atoms with Crippen LogP contribution in [0.5, 0.6) is 0 Å². The van der Waals surface area contributed by atoms with Gasteiger partial charge in [0, 0.05) is 25.6 Å². The van der Waals surface area contributed by atoms with E-state index in [-0.39, 0.29) is 11.1 Å². The maximum Gasteiger partial charge on any atom is 0.335 e. The minimum Gasteiger partial charge on any atom is -0.478 e. The molecule has 1 aromatic heterocycles. The maximum absolute atomic E-state index is 11.6. The molecule has 0 spiro atoms. The molecule has 108 valence electrons. The molecule has 0 bridgehead atoms. The van der Waals surface area contributed by atoms with Gasteiger partial charge in [-0.2, -0.15) is 0 Å². The highest BCUT2D eigenvalue weighted by Crippen LogP contribution is 2.27. The van der Waals surface area contributed by atoms with Gasteiger partial charge in [0.25, 0.3) is 5.56 Å². The largest absolute Gasteiger partial charge is 0.478 e. The van der Waals surface area contributed by atoms with E-state index < -0.39 is 5.97 Å². The van der Waals surface area contributed by atoms with Crippen molar-refractivity contribution in [1.82, 2.24) is 9.97 Å². The lowest BCUT2D eigenvalue weighted by molar-refractivity contribution is 0.0697. The van der Waals surface area contributed by atoms with Gasteiger partial charge in [-0.3, -0.25) is 4.79 Å². The smallest absolute Gasteiger partial charge is 0.335 e. The second kappa shape index (κ2) is 5.05. The van der Waals surface area contributed by atoms with Crippen molar-refractivity contribution in [2.45, 2.75) is 26.4 Å². The van der Waals surface area contributed by atoms with E-state index >= 15 is 0 Å². The minimum atomic E-state index is -0.932. The Labute approximate surface area is 121 Å². The fourth-order valence-corrected chi connectivity index (χ4v) is 2.51. The number of hydrogen-bond donors (Lipinski definition) is 2. The van der Waals surface area contributed by atoms with E-state index in [1.807, 2.05) is 17.9 Å². The van der Waals surface area contributed by atoms with E-state index in [9.17, 15) is 9.59 Å². The molecule has 0 saturated heterocycles. The van der Waals surface area contributed by atoms with Gasteiger partial charge in [0.1, 0.15) is 11.6 Å². The summed E-state index contributed by atoms with van der Waals surface area (Å²) in [6.07, 6.45) is 0.660. The quantitative estimate of drug-likeness (QED) is 0.893. The zero-order chi connectivity index (χ0) is 15.0. The van der Waals surface area contributed by atoms with Crippen LogP contribution in [0.2, 0.25) is 0 Å². The highest BCUT2D eigenvalue weighted by Gasteiger charge is 2.22. The number of nitrogens with one attached hydrogen (secondary N) is 1. The van der Waals surface area contributed by atoms with E-state index in [4.69, 9.17) is 5.11 Å². The first kappa shape index (κ1) is 13.4. The van der Waals surface area contributed by atoms with Crippen molar-refractivity contribution < 1.29 is 9.90 Å². The zero-order valence-corrected chi connectivity index (χ0v) is 11.6. The Morgan fingerprint density at radius 3 is 2.81 bits per heavy atom. The van der Waals surface area contributed by atoms with Crippen LogP contribution in [0.1, 0.15) is 34.2 Å².